The van der Waals surface area contributed by atoms with Gasteiger partial charge in [0.15, 0.2) is 0 Å². The zero-order valence-corrected chi connectivity index (χ0v) is 10.9. The molecule has 0 aliphatic carbocycles. The standard InChI is InChI=1S/C12H27N3/c1-11(2)8-10(14-7-6-13)9-12(3,4)15(11)5/h10,14H,6-9,13H2,1-5H3. The van der Waals surface area contributed by atoms with Gasteiger partial charge in [0.05, 0.1) is 0 Å². The van der Waals surface area contributed by atoms with E-state index in [0.29, 0.717) is 6.04 Å². The lowest BCUT2D eigenvalue weighted by atomic mass is 9.77. The lowest BCUT2D eigenvalue weighted by molar-refractivity contribution is -0.0178. The summed E-state index contributed by atoms with van der Waals surface area (Å²) in [4.78, 5) is 2.50. The summed E-state index contributed by atoms with van der Waals surface area (Å²) < 4.78 is 0. The van der Waals surface area contributed by atoms with Crippen molar-refractivity contribution in [3.05, 3.63) is 0 Å². The van der Waals surface area contributed by atoms with E-state index in [9.17, 15) is 0 Å². The third-order valence-corrected chi connectivity index (χ3v) is 3.89. The zero-order chi connectivity index (χ0) is 11.7. The van der Waals surface area contributed by atoms with Gasteiger partial charge in [0.25, 0.3) is 0 Å². The molecule has 0 aromatic rings. The first kappa shape index (κ1) is 12.9. The summed E-state index contributed by atoms with van der Waals surface area (Å²) in [6.07, 6.45) is 2.40. The van der Waals surface area contributed by atoms with Gasteiger partial charge < -0.3 is 11.1 Å². The minimum absolute atomic E-state index is 0.272. The summed E-state index contributed by atoms with van der Waals surface area (Å²) in [5.41, 5.74) is 6.08. The molecular formula is C12H27N3. The van der Waals surface area contributed by atoms with Gasteiger partial charge in [-0.1, -0.05) is 0 Å². The van der Waals surface area contributed by atoms with Gasteiger partial charge in [0, 0.05) is 30.2 Å². The predicted molar refractivity (Wildman–Crippen MR) is 66.0 cm³/mol. The Labute approximate surface area is 94.4 Å². The smallest absolute Gasteiger partial charge is 0.0170 e. The molecule has 3 heteroatoms. The van der Waals surface area contributed by atoms with Gasteiger partial charge in [-0.25, -0.2) is 0 Å². The lowest BCUT2D eigenvalue weighted by Gasteiger charge is -2.53. The minimum Gasteiger partial charge on any atom is -0.329 e. The van der Waals surface area contributed by atoms with Gasteiger partial charge in [-0.15, -0.1) is 0 Å². The van der Waals surface area contributed by atoms with Crippen LogP contribution >= 0.6 is 0 Å². The average molecular weight is 213 g/mol. The molecule has 0 aromatic carbocycles. The van der Waals surface area contributed by atoms with Gasteiger partial charge in [-0.2, -0.15) is 0 Å². The molecule has 1 heterocycles. The lowest BCUT2D eigenvalue weighted by Crippen LogP contribution is -2.62. The van der Waals surface area contributed by atoms with E-state index in [-0.39, 0.29) is 11.1 Å². The first-order valence-corrected chi connectivity index (χ1v) is 5.97. The van der Waals surface area contributed by atoms with Crippen LogP contribution in [-0.2, 0) is 0 Å². The van der Waals surface area contributed by atoms with Gasteiger partial charge in [0.2, 0.25) is 0 Å². The second kappa shape index (κ2) is 4.40. The summed E-state index contributed by atoms with van der Waals surface area (Å²) >= 11 is 0. The van der Waals surface area contributed by atoms with Crippen LogP contribution in [0, 0.1) is 0 Å². The highest BCUT2D eigenvalue weighted by Gasteiger charge is 2.42. The Balaban J connectivity index is 2.66. The monoisotopic (exact) mass is 213 g/mol. The fourth-order valence-electron chi connectivity index (χ4n) is 2.80. The molecular weight excluding hydrogens is 186 g/mol. The first-order chi connectivity index (χ1) is 6.79. The summed E-state index contributed by atoms with van der Waals surface area (Å²) in [7, 11) is 2.24. The van der Waals surface area contributed by atoms with Crippen molar-refractivity contribution in [2.45, 2.75) is 57.7 Å². The zero-order valence-electron chi connectivity index (χ0n) is 10.9. The van der Waals surface area contributed by atoms with Crippen LogP contribution in [-0.4, -0.2) is 42.2 Å². The number of likely N-dealkylation sites (tertiary alicyclic amines) is 1. The molecule has 1 fully saturated rings. The predicted octanol–water partition coefficient (Wildman–Crippen LogP) is 1.19. The molecule has 0 saturated carbocycles. The van der Waals surface area contributed by atoms with E-state index < -0.39 is 0 Å². The molecule has 0 unspecified atom stereocenters. The molecule has 1 aliphatic rings. The summed E-state index contributed by atoms with van der Waals surface area (Å²) in [5.74, 6) is 0. The van der Waals surface area contributed by atoms with E-state index in [1.807, 2.05) is 0 Å². The average Bonchev–Trinajstić information content (AvgIpc) is 2.10. The number of nitrogens with two attached hydrogens (primary N) is 1. The fourth-order valence-corrected chi connectivity index (χ4v) is 2.80. The van der Waals surface area contributed by atoms with Crippen molar-refractivity contribution in [2.75, 3.05) is 20.1 Å². The van der Waals surface area contributed by atoms with E-state index in [4.69, 9.17) is 5.73 Å². The molecule has 15 heavy (non-hydrogen) atoms. The maximum absolute atomic E-state index is 5.54. The maximum Gasteiger partial charge on any atom is 0.0170 e. The van der Waals surface area contributed by atoms with Gasteiger partial charge in [0.1, 0.15) is 0 Å². The Bertz CT molecular complexity index is 193. The Morgan fingerprint density at radius 1 is 1.20 bits per heavy atom. The number of nitrogens with one attached hydrogen (secondary N) is 1. The Hall–Kier alpha value is -0.120. The van der Waals surface area contributed by atoms with Crippen LogP contribution in [0.3, 0.4) is 0 Å². The molecule has 1 rings (SSSR count). The number of piperidine rings is 1. The highest BCUT2D eigenvalue weighted by Crippen LogP contribution is 2.36. The maximum atomic E-state index is 5.54. The highest BCUT2D eigenvalue weighted by molar-refractivity contribution is 5.00. The second-order valence-electron chi connectivity index (χ2n) is 6.03. The van der Waals surface area contributed by atoms with Crippen molar-refractivity contribution in [1.29, 1.82) is 0 Å². The van der Waals surface area contributed by atoms with E-state index in [2.05, 4.69) is 45.0 Å². The highest BCUT2D eigenvalue weighted by atomic mass is 15.2. The van der Waals surface area contributed by atoms with E-state index in [1.165, 1.54) is 12.8 Å². The van der Waals surface area contributed by atoms with Crippen LogP contribution in [0.5, 0.6) is 0 Å². The molecule has 0 radical (unpaired) electrons. The van der Waals surface area contributed by atoms with Crippen molar-refractivity contribution in [3.8, 4) is 0 Å². The third kappa shape index (κ3) is 2.92. The van der Waals surface area contributed by atoms with E-state index in [0.717, 1.165) is 13.1 Å². The van der Waals surface area contributed by atoms with Crippen LogP contribution in [0.1, 0.15) is 40.5 Å². The largest absolute Gasteiger partial charge is 0.329 e. The molecule has 0 spiro atoms. The van der Waals surface area contributed by atoms with Crippen molar-refractivity contribution >= 4 is 0 Å². The minimum atomic E-state index is 0.272. The molecule has 90 valence electrons. The first-order valence-electron chi connectivity index (χ1n) is 5.97. The number of hydrogen-bond donors (Lipinski definition) is 2. The van der Waals surface area contributed by atoms with Crippen molar-refractivity contribution in [1.82, 2.24) is 10.2 Å². The van der Waals surface area contributed by atoms with E-state index >= 15 is 0 Å². The van der Waals surface area contributed by atoms with Crippen molar-refractivity contribution < 1.29 is 0 Å². The van der Waals surface area contributed by atoms with Crippen molar-refractivity contribution in [3.63, 3.8) is 0 Å². The Morgan fingerprint density at radius 3 is 2.07 bits per heavy atom. The van der Waals surface area contributed by atoms with Crippen LogP contribution in [0.2, 0.25) is 0 Å². The number of rotatable bonds is 3. The van der Waals surface area contributed by atoms with Crippen LogP contribution in [0.15, 0.2) is 0 Å². The molecule has 0 bridgehead atoms. The second-order valence-corrected chi connectivity index (χ2v) is 6.03. The molecule has 0 atom stereocenters. The summed E-state index contributed by atoms with van der Waals surface area (Å²) in [5, 5.41) is 3.55. The molecule has 3 N–H and O–H groups in total. The normalized spacial score (nSPS) is 26.8. The Morgan fingerprint density at radius 2 is 1.67 bits per heavy atom. The SMILES string of the molecule is CN1C(C)(C)CC(NCCN)CC1(C)C. The third-order valence-electron chi connectivity index (χ3n) is 3.89. The summed E-state index contributed by atoms with van der Waals surface area (Å²) in [6.45, 7) is 11.0. The van der Waals surface area contributed by atoms with Gasteiger partial charge in [-0.3, -0.25) is 4.90 Å². The number of hydrogen-bond acceptors (Lipinski definition) is 3. The Kier molecular flexibility index (Phi) is 3.80. The molecule has 0 amide bonds. The van der Waals surface area contributed by atoms with Gasteiger partial charge in [-0.05, 0) is 47.6 Å². The topological polar surface area (TPSA) is 41.3 Å². The fraction of sp³-hybridized carbons (Fsp3) is 1.00. The molecule has 0 aromatic heterocycles. The molecule has 3 nitrogen and oxygen atoms in total. The number of nitrogens with zero attached hydrogens (tertiary/aromatic N) is 1. The molecule has 1 aliphatic heterocycles. The van der Waals surface area contributed by atoms with Crippen molar-refractivity contribution in [2.24, 2.45) is 5.73 Å². The van der Waals surface area contributed by atoms with Gasteiger partial charge >= 0.3 is 0 Å². The van der Waals surface area contributed by atoms with Crippen LogP contribution in [0.25, 0.3) is 0 Å². The van der Waals surface area contributed by atoms with E-state index in [1.54, 1.807) is 0 Å². The van der Waals surface area contributed by atoms with Crippen LogP contribution < -0.4 is 11.1 Å². The van der Waals surface area contributed by atoms with Crippen LogP contribution in [0.4, 0.5) is 0 Å². The molecule has 1 saturated heterocycles. The quantitative estimate of drug-likeness (QED) is 0.740. The summed E-state index contributed by atoms with van der Waals surface area (Å²) in [6, 6.07) is 0.606.